The van der Waals surface area contributed by atoms with E-state index in [-0.39, 0.29) is 24.3 Å². The molecule has 0 spiro atoms. The van der Waals surface area contributed by atoms with Gasteiger partial charge in [0.2, 0.25) is 11.8 Å². The number of nitrogens with zero attached hydrogens (tertiary/aromatic N) is 3. The lowest BCUT2D eigenvalue weighted by Crippen LogP contribution is -2.32. The van der Waals surface area contributed by atoms with Crippen LogP contribution in [-0.4, -0.2) is 26.6 Å². The van der Waals surface area contributed by atoms with E-state index in [1.54, 1.807) is 6.33 Å². The molecule has 2 N–H and O–H groups in total. The fraction of sp³-hybridized carbons (Fsp3) is 0.429. The van der Waals surface area contributed by atoms with Gasteiger partial charge in [-0.25, -0.2) is 0 Å². The summed E-state index contributed by atoms with van der Waals surface area (Å²) in [5, 5.41) is 15.3. The molecule has 0 aliphatic rings. The molecule has 0 radical (unpaired) electrons. The molecule has 2 rings (SSSR count). The van der Waals surface area contributed by atoms with E-state index in [1.807, 2.05) is 29.0 Å². The summed E-state index contributed by atoms with van der Waals surface area (Å²) >= 11 is 1.52. The van der Waals surface area contributed by atoms with Crippen molar-refractivity contribution in [2.45, 2.75) is 39.4 Å². The molecule has 0 aliphatic carbocycles. The van der Waals surface area contributed by atoms with Crippen LogP contribution in [0, 0.1) is 0 Å². The van der Waals surface area contributed by atoms with Crippen molar-refractivity contribution in [1.29, 1.82) is 0 Å². The molecule has 7 nitrogen and oxygen atoms in total. The van der Waals surface area contributed by atoms with E-state index in [1.165, 1.54) is 18.3 Å². The van der Waals surface area contributed by atoms with E-state index in [2.05, 4.69) is 20.8 Å². The Morgan fingerprint density at radius 1 is 1.45 bits per heavy atom. The molecule has 0 saturated carbocycles. The molecule has 22 heavy (non-hydrogen) atoms. The van der Waals surface area contributed by atoms with Crippen LogP contribution >= 0.6 is 11.3 Å². The van der Waals surface area contributed by atoms with E-state index >= 15 is 0 Å². The molecule has 2 amide bonds. The molecule has 0 aromatic carbocycles. The van der Waals surface area contributed by atoms with Crippen molar-refractivity contribution in [3.05, 3.63) is 34.5 Å². The van der Waals surface area contributed by atoms with E-state index in [0.29, 0.717) is 12.4 Å². The molecule has 1 atom stereocenters. The Labute approximate surface area is 132 Å². The highest BCUT2D eigenvalue weighted by Crippen LogP contribution is 2.21. The highest BCUT2D eigenvalue weighted by molar-refractivity contribution is 7.10. The van der Waals surface area contributed by atoms with Crippen LogP contribution in [0.3, 0.4) is 0 Å². The smallest absolute Gasteiger partial charge is 0.222 e. The first-order valence-corrected chi connectivity index (χ1v) is 7.92. The Bertz CT molecular complexity index is 623. The number of carbonyl (C=O) groups excluding carboxylic acids is 2. The summed E-state index contributed by atoms with van der Waals surface area (Å²) in [4.78, 5) is 24.4. The molecular weight excluding hydrogens is 302 g/mol. The third-order valence-corrected chi connectivity index (χ3v) is 4.12. The Balaban J connectivity index is 1.92. The van der Waals surface area contributed by atoms with Crippen LogP contribution in [-0.2, 0) is 22.7 Å². The molecule has 0 bridgehead atoms. The fourth-order valence-corrected chi connectivity index (χ4v) is 2.85. The monoisotopic (exact) mass is 321 g/mol. The minimum atomic E-state index is -0.304. The van der Waals surface area contributed by atoms with Gasteiger partial charge in [-0.15, -0.1) is 21.5 Å². The minimum Gasteiger partial charge on any atom is -0.349 e. The molecule has 1 unspecified atom stereocenters. The number of aromatic nitrogens is 3. The molecule has 2 heterocycles. The fourth-order valence-electron chi connectivity index (χ4n) is 2.07. The Kier molecular flexibility index (Phi) is 5.65. The highest BCUT2D eigenvalue weighted by atomic mass is 32.1. The Morgan fingerprint density at radius 3 is 2.91 bits per heavy atom. The van der Waals surface area contributed by atoms with Crippen LogP contribution in [0.5, 0.6) is 0 Å². The van der Waals surface area contributed by atoms with Crippen molar-refractivity contribution in [2.24, 2.45) is 0 Å². The summed E-state index contributed by atoms with van der Waals surface area (Å²) in [6.07, 6.45) is 1.83. The molecule has 0 saturated heterocycles. The summed E-state index contributed by atoms with van der Waals surface area (Å²) in [7, 11) is 0. The maximum Gasteiger partial charge on any atom is 0.222 e. The molecule has 2 aromatic heterocycles. The van der Waals surface area contributed by atoms with Gasteiger partial charge in [0, 0.05) is 18.3 Å². The normalized spacial score (nSPS) is 11.9. The molecular formula is C14H19N5O2S. The average Bonchev–Trinajstić information content (AvgIpc) is 3.15. The lowest BCUT2D eigenvalue weighted by atomic mass is 10.1. The molecule has 0 fully saturated rings. The van der Waals surface area contributed by atoms with Crippen LogP contribution in [0.15, 0.2) is 23.8 Å². The van der Waals surface area contributed by atoms with Crippen LogP contribution in [0.1, 0.15) is 37.0 Å². The summed E-state index contributed by atoms with van der Waals surface area (Å²) in [6.45, 7) is 4.51. The van der Waals surface area contributed by atoms with Gasteiger partial charge >= 0.3 is 0 Å². The molecule has 8 heteroatoms. The molecule has 2 aromatic rings. The van der Waals surface area contributed by atoms with E-state index in [0.717, 1.165) is 11.4 Å². The first-order valence-electron chi connectivity index (χ1n) is 7.04. The number of hydrogen-bond donors (Lipinski definition) is 2. The van der Waals surface area contributed by atoms with Gasteiger partial charge in [-0.3, -0.25) is 9.59 Å². The van der Waals surface area contributed by atoms with Crippen LogP contribution in [0.2, 0.25) is 0 Å². The third kappa shape index (κ3) is 4.39. The molecule has 0 aliphatic heterocycles. The predicted molar refractivity (Wildman–Crippen MR) is 83.0 cm³/mol. The quantitative estimate of drug-likeness (QED) is 0.803. The lowest BCUT2D eigenvalue weighted by Gasteiger charge is -2.16. The maximum absolute atomic E-state index is 12.1. The van der Waals surface area contributed by atoms with Gasteiger partial charge in [-0.05, 0) is 18.4 Å². The van der Waals surface area contributed by atoms with Gasteiger partial charge < -0.3 is 15.2 Å². The maximum atomic E-state index is 12.1. The van der Waals surface area contributed by atoms with Crippen LogP contribution in [0.4, 0.5) is 0 Å². The van der Waals surface area contributed by atoms with Crippen molar-refractivity contribution >= 4 is 23.2 Å². The van der Waals surface area contributed by atoms with Gasteiger partial charge in [0.05, 0.1) is 19.0 Å². The van der Waals surface area contributed by atoms with E-state index < -0.39 is 0 Å². The number of hydrogen-bond acceptors (Lipinski definition) is 5. The zero-order chi connectivity index (χ0) is 15.9. The van der Waals surface area contributed by atoms with Crippen molar-refractivity contribution in [3.63, 3.8) is 0 Å². The average molecular weight is 321 g/mol. The minimum absolute atomic E-state index is 0.141. The van der Waals surface area contributed by atoms with Crippen LogP contribution in [0.25, 0.3) is 0 Å². The number of rotatable bonds is 7. The molecule has 118 valence electrons. The van der Waals surface area contributed by atoms with Gasteiger partial charge in [0.1, 0.15) is 6.33 Å². The van der Waals surface area contributed by atoms with Gasteiger partial charge in [-0.2, -0.15) is 0 Å². The number of thiophene rings is 1. The summed E-state index contributed by atoms with van der Waals surface area (Å²) in [5.41, 5.74) is 0. The standard InChI is InChI=1S/C14H19N5O2S/c1-3-19-9-16-18-13(19)8-15-14(21)7-11(17-10(2)20)12-5-4-6-22-12/h4-6,9,11H,3,7-8H2,1-2H3,(H,15,21)(H,17,20). The second kappa shape index (κ2) is 7.69. The van der Waals surface area contributed by atoms with Gasteiger partial charge in [0.15, 0.2) is 5.82 Å². The first kappa shape index (κ1) is 16.2. The zero-order valence-electron chi connectivity index (χ0n) is 12.6. The number of aryl methyl sites for hydroxylation is 1. The Morgan fingerprint density at radius 2 is 2.27 bits per heavy atom. The summed E-state index contributed by atoms with van der Waals surface area (Å²) < 4.78 is 1.87. The lowest BCUT2D eigenvalue weighted by molar-refractivity contribution is -0.122. The van der Waals surface area contributed by atoms with Crippen molar-refractivity contribution in [1.82, 2.24) is 25.4 Å². The number of carbonyl (C=O) groups is 2. The number of nitrogens with one attached hydrogen (secondary N) is 2. The van der Waals surface area contributed by atoms with Gasteiger partial charge in [-0.1, -0.05) is 6.07 Å². The summed E-state index contributed by atoms with van der Waals surface area (Å²) in [5.74, 6) is 0.415. The summed E-state index contributed by atoms with van der Waals surface area (Å²) in [6, 6.07) is 3.50. The second-order valence-corrected chi connectivity index (χ2v) is 5.76. The van der Waals surface area contributed by atoms with Crippen molar-refractivity contribution < 1.29 is 9.59 Å². The van der Waals surface area contributed by atoms with Gasteiger partial charge in [0.25, 0.3) is 0 Å². The first-order chi connectivity index (χ1) is 10.6. The largest absolute Gasteiger partial charge is 0.349 e. The third-order valence-electron chi connectivity index (χ3n) is 3.13. The SMILES string of the molecule is CCn1cnnc1CNC(=O)CC(NC(C)=O)c1cccs1. The predicted octanol–water partition coefficient (Wildman–Crippen LogP) is 1.24. The Hall–Kier alpha value is -2.22. The van der Waals surface area contributed by atoms with Crippen molar-refractivity contribution in [3.8, 4) is 0 Å². The van der Waals surface area contributed by atoms with Crippen molar-refractivity contribution in [2.75, 3.05) is 0 Å². The topological polar surface area (TPSA) is 88.9 Å². The van der Waals surface area contributed by atoms with E-state index in [9.17, 15) is 9.59 Å². The highest BCUT2D eigenvalue weighted by Gasteiger charge is 2.18. The van der Waals surface area contributed by atoms with E-state index in [4.69, 9.17) is 0 Å². The number of amides is 2. The second-order valence-electron chi connectivity index (χ2n) is 4.78. The van der Waals surface area contributed by atoms with Crippen LogP contribution < -0.4 is 10.6 Å². The zero-order valence-corrected chi connectivity index (χ0v) is 13.4.